The zero-order valence-corrected chi connectivity index (χ0v) is 13.5. The molecule has 0 aromatic carbocycles. The molecule has 2 N–H and O–H groups in total. The Labute approximate surface area is 125 Å². The summed E-state index contributed by atoms with van der Waals surface area (Å²) in [6, 6.07) is 0.491. The molecule has 0 aromatic rings. The van der Waals surface area contributed by atoms with Crippen LogP contribution in [0.2, 0.25) is 0 Å². The van der Waals surface area contributed by atoms with E-state index in [1.54, 1.807) is 0 Å². The van der Waals surface area contributed by atoms with E-state index in [0.29, 0.717) is 16.9 Å². The Morgan fingerprint density at radius 3 is 2.40 bits per heavy atom. The summed E-state index contributed by atoms with van der Waals surface area (Å²) in [5.41, 5.74) is 7.69. The van der Waals surface area contributed by atoms with Gasteiger partial charge in [-0.1, -0.05) is 26.7 Å². The molecule has 1 heteroatoms. The van der Waals surface area contributed by atoms with Crippen LogP contribution in [0.1, 0.15) is 78.1 Å². The summed E-state index contributed by atoms with van der Waals surface area (Å²) >= 11 is 0. The van der Waals surface area contributed by atoms with Gasteiger partial charge in [-0.05, 0) is 85.9 Å². The number of fused-ring (bicyclic) bond motifs is 5. The minimum absolute atomic E-state index is 0.485. The Morgan fingerprint density at radius 2 is 1.55 bits per heavy atom. The molecule has 0 aliphatic heterocycles. The molecular formula is C19H33N. The first kappa shape index (κ1) is 13.6. The van der Waals surface area contributed by atoms with Crippen molar-refractivity contribution in [3.05, 3.63) is 0 Å². The first-order valence-corrected chi connectivity index (χ1v) is 9.31. The molecule has 0 saturated heterocycles. The van der Waals surface area contributed by atoms with Gasteiger partial charge in [-0.2, -0.15) is 0 Å². The van der Waals surface area contributed by atoms with Gasteiger partial charge in [0.2, 0.25) is 0 Å². The van der Waals surface area contributed by atoms with Crippen molar-refractivity contribution in [2.24, 2.45) is 40.2 Å². The van der Waals surface area contributed by atoms with E-state index in [2.05, 4.69) is 13.8 Å². The van der Waals surface area contributed by atoms with E-state index in [1.165, 1.54) is 64.2 Å². The minimum Gasteiger partial charge on any atom is -0.327 e. The van der Waals surface area contributed by atoms with Crippen molar-refractivity contribution in [1.82, 2.24) is 0 Å². The van der Waals surface area contributed by atoms with Crippen molar-refractivity contribution in [3.8, 4) is 0 Å². The van der Waals surface area contributed by atoms with Crippen LogP contribution in [0.5, 0.6) is 0 Å². The highest BCUT2D eigenvalue weighted by Crippen LogP contribution is 2.65. The summed E-state index contributed by atoms with van der Waals surface area (Å²) in [6.45, 7) is 5.20. The van der Waals surface area contributed by atoms with Gasteiger partial charge in [-0.25, -0.2) is 0 Å². The maximum atomic E-state index is 6.51. The van der Waals surface area contributed by atoms with E-state index in [-0.39, 0.29) is 0 Å². The van der Waals surface area contributed by atoms with Gasteiger partial charge < -0.3 is 5.73 Å². The monoisotopic (exact) mass is 275 g/mol. The molecule has 4 aliphatic carbocycles. The van der Waals surface area contributed by atoms with Crippen LogP contribution in [0.4, 0.5) is 0 Å². The third-order valence-electron chi connectivity index (χ3n) is 8.66. The average Bonchev–Trinajstić information content (AvgIpc) is 2.74. The highest BCUT2D eigenvalue weighted by molar-refractivity contribution is 5.09. The van der Waals surface area contributed by atoms with Gasteiger partial charge in [0.15, 0.2) is 0 Å². The van der Waals surface area contributed by atoms with Gasteiger partial charge in [0.05, 0.1) is 0 Å². The van der Waals surface area contributed by atoms with Gasteiger partial charge in [-0.15, -0.1) is 0 Å². The number of hydrogen-bond donors (Lipinski definition) is 1. The predicted molar refractivity (Wildman–Crippen MR) is 84.3 cm³/mol. The molecule has 4 fully saturated rings. The lowest BCUT2D eigenvalue weighted by Gasteiger charge is -2.60. The highest BCUT2D eigenvalue weighted by Gasteiger charge is 2.58. The molecular weight excluding hydrogens is 242 g/mol. The molecule has 4 aliphatic rings. The van der Waals surface area contributed by atoms with Crippen LogP contribution in [-0.4, -0.2) is 6.04 Å². The minimum atomic E-state index is 0.485. The molecule has 0 spiro atoms. The van der Waals surface area contributed by atoms with Gasteiger partial charge >= 0.3 is 0 Å². The van der Waals surface area contributed by atoms with Gasteiger partial charge in [0.25, 0.3) is 0 Å². The Morgan fingerprint density at radius 1 is 0.750 bits per heavy atom. The second-order valence-corrected chi connectivity index (χ2v) is 9.13. The zero-order chi connectivity index (χ0) is 14.0. The summed E-state index contributed by atoms with van der Waals surface area (Å²) in [5.74, 6) is 4.06. The number of nitrogens with two attached hydrogens (primary N) is 1. The lowest BCUT2D eigenvalue weighted by Crippen LogP contribution is -2.54. The highest BCUT2D eigenvalue weighted by atomic mass is 14.8. The molecule has 7 atom stereocenters. The molecule has 4 rings (SSSR count). The SMILES string of the molecule is C[C@]12CCCC[C@H]1CC[C@H]1[C@H]2CC[C@@]2(C)[C@@H]1CC[C@@H]2N. The van der Waals surface area contributed by atoms with Crippen LogP contribution in [0.25, 0.3) is 0 Å². The van der Waals surface area contributed by atoms with Crippen LogP contribution < -0.4 is 5.73 Å². The largest absolute Gasteiger partial charge is 0.327 e. The normalized spacial score (nSPS) is 58.6. The Hall–Kier alpha value is -0.0400. The standard InChI is InChI=1S/C19H33N/c1-18-11-4-3-5-13(18)6-7-14-15-8-9-17(20)19(15,2)12-10-16(14)18/h13-17H,3-12,20H2,1-2H3/t13-,14+,15+,16+,17-,18-,19-/m0/s1. The Kier molecular flexibility index (Phi) is 3.05. The molecule has 4 saturated carbocycles. The maximum Gasteiger partial charge on any atom is 0.00957 e. The maximum absolute atomic E-state index is 6.51. The second-order valence-electron chi connectivity index (χ2n) is 9.13. The van der Waals surface area contributed by atoms with Crippen molar-refractivity contribution in [2.75, 3.05) is 0 Å². The second kappa shape index (κ2) is 4.48. The Balaban J connectivity index is 1.64. The van der Waals surface area contributed by atoms with Crippen LogP contribution in [0.3, 0.4) is 0 Å². The van der Waals surface area contributed by atoms with Crippen LogP contribution >= 0.6 is 0 Å². The first-order valence-electron chi connectivity index (χ1n) is 9.31. The average molecular weight is 275 g/mol. The van der Waals surface area contributed by atoms with Crippen molar-refractivity contribution in [3.63, 3.8) is 0 Å². The molecule has 0 heterocycles. The summed E-state index contributed by atoms with van der Waals surface area (Å²) in [5, 5.41) is 0. The smallest absolute Gasteiger partial charge is 0.00957 e. The third-order valence-corrected chi connectivity index (χ3v) is 8.66. The summed E-state index contributed by atoms with van der Waals surface area (Å²) in [6.07, 6.45) is 14.7. The van der Waals surface area contributed by atoms with E-state index in [1.807, 2.05) is 0 Å². The zero-order valence-electron chi connectivity index (χ0n) is 13.5. The Bertz CT molecular complexity index is 391. The first-order chi connectivity index (χ1) is 9.56. The van der Waals surface area contributed by atoms with E-state index in [9.17, 15) is 0 Å². The van der Waals surface area contributed by atoms with Crippen LogP contribution in [0.15, 0.2) is 0 Å². The van der Waals surface area contributed by atoms with Gasteiger partial charge in [-0.3, -0.25) is 0 Å². The summed E-state index contributed by atoms with van der Waals surface area (Å²) in [4.78, 5) is 0. The fourth-order valence-corrected chi connectivity index (χ4v) is 7.34. The van der Waals surface area contributed by atoms with Crippen molar-refractivity contribution < 1.29 is 0 Å². The topological polar surface area (TPSA) is 26.0 Å². The lowest BCUT2D eigenvalue weighted by molar-refractivity contribution is -0.105. The van der Waals surface area contributed by atoms with Crippen LogP contribution in [-0.2, 0) is 0 Å². The van der Waals surface area contributed by atoms with E-state index in [4.69, 9.17) is 5.73 Å². The molecule has 0 aromatic heterocycles. The lowest BCUT2D eigenvalue weighted by atomic mass is 9.45. The fraction of sp³-hybridized carbons (Fsp3) is 1.00. The van der Waals surface area contributed by atoms with E-state index < -0.39 is 0 Å². The van der Waals surface area contributed by atoms with Crippen molar-refractivity contribution >= 4 is 0 Å². The van der Waals surface area contributed by atoms with E-state index >= 15 is 0 Å². The number of hydrogen-bond acceptors (Lipinski definition) is 1. The van der Waals surface area contributed by atoms with E-state index in [0.717, 1.165) is 23.7 Å². The van der Waals surface area contributed by atoms with Crippen molar-refractivity contribution in [2.45, 2.75) is 84.1 Å². The molecule has 0 amide bonds. The molecule has 1 nitrogen and oxygen atoms in total. The molecule has 20 heavy (non-hydrogen) atoms. The number of rotatable bonds is 0. The predicted octanol–water partition coefficient (Wildman–Crippen LogP) is 4.75. The third kappa shape index (κ3) is 1.65. The summed E-state index contributed by atoms with van der Waals surface area (Å²) < 4.78 is 0. The van der Waals surface area contributed by atoms with Gasteiger partial charge in [0, 0.05) is 6.04 Å². The molecule has 0 unspecified atom stereocenters. The van der Waals surface area contributed by atoms with Crippen molar-refractivity contribution in [1.29, 1.82) is 0 Å². The fourth-order valence-electron chi connectivity index (χ4n) is 7.34. The summed E-state index contributed by atoms with van der Waals surface area (Å²) in [7, 11) is 0. The molecule has 0 bridgehead atoms. The molecule has 0 radical (unpaired) electrons. The quantitative estimate of drug-likeness (QED) is 0.678. The molecule has 114 valence electrons. The van der Waals surface area contributed by atoms with Crippen LogP contribution in [0, 0.1) is 34.5 Å². The van der Waals surface area contributed by atoms with Gasteiger partial charge in [0.1, 0.15) is 0 Å².